The first-order valence-electron chi connectivity index (χ1n) is 8.49. The number of carbonyl (C=O) groups is 1. The van der Waals surface area contributed by atoms with Crippen molar-refractivity contribution in [2.45, 2.75) is 26.3 Å². The first kappa shape index (κ1) is 18.8. The Balaban J connectivity index is 1.80. The van der Waals surface area contributed by atoms with Crippen molar-refractivity contribution in [2.75, 3.05) is 25.2 Å². The van der Waals surface area contributed by atoms with Gasteiger partial charge in [0.15, 0.2) is 9.84 Å². The lowest BCUT2D eigenvalue weighted by Crippen LogP contribution is -2.37. The van der Waals surface area contributed by atoms with Crippen LogP contribution in [0.25, 0.3) is 10.6 Å². The number of aryl methyl sites for hydroxylation is 1. The predicted molar refractivity (Wildman–Crippen MR) is 103 cm³/mol. The lowest BCUT2D eigenvalue weighted by atomic mass is 10.2. The quantitative estimate of drug-likeness (QED) is 0.779. The van der Waals surface area contributed by atoms with Crippen LogP contribution in [0.1, 0.15) is 28.7 Å². The van der Waals surface area contributed by atoms with Crippen LogP contribution in [0.4, 0.5) is 0 Å². The zero-order valence-corrected chi connectivity index (χ0v) is 16.7. The standard InChI is InChI=1S/C18H22N2O4S2/c1-4-24-15-7-5-13(6-8-15)17-19-12(2)16(25-17)18(21)20(3)14-9-10-26(22,23)11-14/h5-8,14H,4,9-11H2,1-3H3. The van der Waals surface area contributed by atoms with E-state index < -0.39 is 9.84 Å². The topological polar surface area (TPSA) is 76.6 Å². The van der Waals surface area contributed by atoms with Crippen LogP contribution in [0.15, 0.2) is 24.3 Å². The Labute approximate surface area is 157 Å². The Kier molecular flexibility index (Phi) is 5.34. The molecule has 1 aromatic carbocycles. The molecular formula is C18H22N2O4S2. The largest absolute Gasteiger partial charge is 0.494 e. The minimum Gasteiger partial charge on any atom is -0.494 e. The number of thiazole rings is 1. The van der Waals surface area contributed by atoms with Crippen LogP contribution in [-0.4, -0.2) is 55.4 Å². The van der Waals surface area contributed by atoms with Gasteiger partial charge in [-0.05, 0) is 44.5 Å². The fraction of sp³-hybridized carbons (Fsp3) is 0.444. The number of ether oxygens (including phenoxy) is 1. The fourth-order valence-electron chi connectivity index (χ4n) is 2.99. The fourth-order valence-corrected chi connectivity index (χ4v) is 5.81. The second-order valence-corrected chi connectivity index (χ2v) is 9.59. The summed E-state index contributed by atoms with van der Waals surface area (Å²) >= 11 is 1.33. The Morgan fingerprint density at radius 3 is 2.62 bits per heavy atom. The number of hydrogen-bond acceptors (Lipinski definition) is 6. The summed E-state index contributed by atoms with van der Waals surface area (Å²) in [6.07, 6.45) is 0.494. The number of amides is 1. The van der Waals surface area contributed by atoms with Gasteiger partial charge in [-0.15, -0.1) is 11.3 Å². The molecule has 1 fully saturated rings. The number of nitrogens with zero attached hydrogens (tertiary/aromatic N) is 2. The number of aromatic nitrogens is 1. The minimum atomic E-state index is -3.03. The average Bonchev–Trinajstić information content (AvgIpc) is 3.17. The second kappa shape index (κ2) is 7.36. The molecule has 0 radical (unpaired) electrons. The lowest BCUT2D eigenvalue weighted by Gasteiger charge is -2.22. The third-order valence-electron chi connectivity index (χ3n) is 4.48. The maximum atomic E-state index is 12.8. The number of carbonyl (C=O) groups excluding carboxylic acids is 1. The zero-order chi connectivity index (χ0) is 18.9. The van der Waals surface area contributed by atoms with Gasteiger partial charge in [-0.2, -0.15) is 0 Å². The van der Waals surface area contributed by atoms with Crippen LogP contribution >= 0.6 is 11.3 Å². The molecular weight excluding hydrogens is 372 g/mol. The van der Waals surface area contributed by atoms with E-state index in [9.17, 15) is 13.2 Å². The highest BCUT2D eigenvalue weighted by Crippen LogP contribution is 2.30. The van der Waals surface area contributed by atoms with Crippen LogP contribution in [0.2, 0.25) is 0 Å². The molecule has 0 bridgehead atoms. The third kappa shape index (κ3) is 3.91. The summed E-state index contributed by atoms with van der Waals surface area (Å²) in [5, 5.41) is 0.765. The summed E-state index contributed by atoms with van der Waals surface area (Å²) in [5.74, 6) is 0.815. The van der Waals surface area contributed by atoms with Gasteiger partial charge < -0.3 is 9.64 Å². The van der Waals surface area contributed by atoms with E-state index >= 15 is 0 Å². The molecule has 1 saturated heterocycles. The predicted octanol–water partition coefficient (Wildman–Crippen LogP) is 2.78. The van der Waals surface area contributed by atoms with Crippen molar-refractivity contribution < 1.29 is 17.9 Å². The lowest BCUT2D eigenvalue weighted by molar-refractivity contribution is 0.0751. The van der Waals surface area contributed by atoms with E-state index in [1.807, 2.05) is 31.2 Å². The molecule has 0 aliphatic carbocycles. The number of sulfone groups is 1. The molecule has 1 aromatic heterocycles. The van der Waals surface area contributed by atoms with Gasteiger partial charge in [-0.25, -0.2) is 13.4 Å². The summed E-state index contributed by atoms with van der Waals surface area (Å²) in [6, 6.07) is 7.34. The van der Waals surface area contributed by atoms with E-state index in [4.69, 9.17) is 4.74 Å². The highest BCUT2D eigenvalue weighted by molar-refractivity contribution is 7.91. The number of benzene rings is 1. The van der Waals surface area contributed by atoms with Crippen molar-refractivity contribution in [3.05, 3.63) is 34.8 Å². The SMILES string of the molecule is CCOc1ccc(-c2nc(C)c(C(=O)N(C)C3CCS(=O)(=O)C3)s2)cc1. The van der Waals surface area contributed by atoms with Gasteiger partial charge in [0.2, 0.25) is 0 Å². The molecule has 1 unspecified atom stereocenters. The molecule has 0 N–H and O–H groups in total. The van der Waals surface area contributed by atoms with Gasteiger partial charge >= 0.3 is 0 Å². The Bertz CT molecular complexity index is 904. The number of hydrogen-bond donors (Lipinski definition) is 0. The van der Waals surface area contributed by atoms with Crippen LogP contribution in [0.5, 0.6) is 5.75 Å². The van der Waals surface area contributed by atoms with Crippen LogP contribution in [0.3, 0.4) is 0 Å². The summed E-state index contributed by atoms with van der Waals surface area (Å²) in [7, 11) is -1.36. The molecule has 6 nitrogen and oxygen atoms in total. The van der Waals surface area contributed by atoms with E-state index in [0.717, 1.165) is 16.3 Å². The monoisotopic (exact) mass is 394 g/mol. The Morgan fingerprint density at radius 2 is 2.04 bits per heavy atom. The van der Waals surface area contributed by atoms with Gasteiger partial charge in [0.25, 0.3) is 5.91 Å². The number of rotatable bonds is 5. The van der Waals surface area contributed by atoms with Crippen molar-refractivity contribution in [2.24, 2.45) is 0 Å². The summed E-state index contributed by atoms with van der Waals surface area (Å²) in [5.41, 5.74) is 1.59. The molecule has 1 aliphatic rings. The van der Waals surface area contributed by atoms with Crippen molar-refractivity contribution in [1.29, 1.82) is 0 Å². The van der Waals surface area contributed by atoms with E-state index in [2.05, 4.69) is 4.98 Å². The first-order valence-corrected chi connectivity index (χ1v) is 11.1. The van der Waals surface area contributed by atoms with Gasteiger partial charge in [-0.3, -0.25) is 4.79 Å². The van der Waals surface area contributed by atoms with Crippen molar-refractivity contribution >= 4 is 27.1 Å². The molecule has 0 saturated carbocycles. The second-order valence-electron chi connectivity index (χ2n) is 6.36. The summed E-state index contributed by atoms with van der Waals surface area (Å²) in [6.45, 7) is 4.35. The first-order chi connectivity index (χ1) is 12.3. The van der Waals surface area contributed by atoms with Crippen LogP contribution in [0, 0.1) is 6.92 Å². The van der Waals surface area contributed by atoms with Gasteiger partial charge in [0, 0.05) is 18.7 Å². The van der Waals surface area contributed by atoms with Crippen molar-refractivity contribution in [3.8, 4) is 16.3 Å². The van der Waals surface area contributed by atoms with Crippen molar-refractivity contribution in [3.63, 3.8) is 0 Å². The Hall–Kier alpha value is -1.93. The van der Waals surface area contributed by atoms with Gasteiger partial charge in [-0.1, -0.05) is 0 Å². The molecule has 8 heteroatoms. The molecule has 140 valence electrons. The van der Waals surface area contributed by atoms with E-state index in [1.165, 1.54) is 11.3 Å². The van der Waals surface area contributed by atoms with Gasteiger partial charge in [0.05, 0.1) is 23.8 Å². The van der Waals surface area contributed by atoms with E-state index in [1.54, 1.807) is 18.9 Å². The minimum absolute atomic E-state index is 0.0405. The smallest absolute Gasteiger partial charge is 0.265 e. The highest BCUT2D eigenvalue weighted by atomic mass is 32.2. The molecule has 2 heterocycles. The molecule has 1 atom stereocenters. The molecule has 0 spiro atoms. The maximum Gasteiger partial charge on any atom is 0.265 e. The molecule has 2 aromatic rings. The maximum absolute atomic E-state index is 12.8. The zero-order valence-electron chi connectivity index (χ0n) is 15.1. The highest BCUT2D eigenvalue weighted by Gasteiger charge is 2.34. The van der Waals surface area contributed by atoms with Crippen LogP contribution < -0.4 is 4.74 Å². The molecule has 1 amide bonds. The summed E-state index contributed by atoms with van der Waals surface area (Å²) in [4.78, 5) is 19.5. The molecule has 1 aliphatic heterocycles. The average molecular weight is 395 g/mol. The van der Waals surface area contributed by atoms with E-state index in [0.29, 0.717) is 23.6 Å². The third-order valence-corrected chi connectivity index (χ3v) is 7.42. The van der Waals surface area contributed by atoms with Gasteiger partial charge in [0.1, 0.15) is 15.6 Å². The van der Waals surface area contributed by atoms with Crippen LogP contribution in [-0.2, 0) is 9.84 Å². The van der Waals surface area contributed by atoms with E-state index in [-0.39, 0.29) is 23.5 Å². The normalized spacial score (nSPS) is 18.7. The summed E-state index contributed by atoms with van der Waals surface area (Å²) < 4.78 is 28.8. The molecule has 3 rings (SSSR count). The molecule has 26 heavy (non-hydrogen) atoms. The van der Waals surface area contributed by atoms with Crippen molar-refractivity contribution in [1.82, 2.24) is 9.88 Å². The Morgan fingerprint density at radius 1 is 1.35 bits per heavy atom.